The van der Waals surface area contributed by atoms with Gasteiger partial charge in [0.2, 0.25) is 0 Å². The average Bonchev–Trinajstić information content (AvgIpc) is 3.46. The first-order valence-electron chi connectivity index (χ1n) is 9.64. The van der Waals surface area contributed by atoms with E-state index in [0.29, 0.717) is 44.2 Å². The summed E-state index contributed by atoms with van der Waals surface area (Å²) in [7, 11) is 0. The van der Waals surface area contributed by atoms with Crippen LogP contribution in [0.15, 0.2) is 41.1 Å². The van der Waals surface area contributed by atoms with Gasteiger partial charge in [-0.2, -0.15) is 0 Å². The van der Waals surface area contributed by atoms with Crippen molar-refractivity contribution in [3.8, 4) is 0 Å². The molecule has 1 atom stereocenters. The Hall–Kier alpha value is -2.87. The molecule has 2 amide bonds. The molecule has 0 radical (unpaired) electrons. The molecule has 2 aliphatic heterocycles. The predicted molar refractivity (Wildman–Crippen MR) is 102 cm³/mol. The van der Waals surface area contributed by atoms with Crippen molar-refractivity contribution in [2.75, 3.05) is 44.2 Å². The maximum atomic E-state index is 12.3. The van der Waals surface area contributed by atoms with Gasteiger partial charge in [-0.25, -0.2) is 4.98 Å². The fraction of sp³-hybridized carbons (Fsp3) is 0.450. The van der Waals surface area contributed by atoms with Crippen molar-refractivity contribution in [2.45, 2.75) is 18.9 Å². The fourth-order valence-electron chi connectivity index (χ4n) is 3.53. The van der Waals surface area contributed by atoms with Crippen LogP contribution in [0.4, 0.5) is 5.69 Å². The van der Waals surface area contributed by atoms with Crippen LogP contribution in [0.2, 0.25) is 0 Å². The Morgan fingerprint density at radius 2 is 2.04 bits per heavy atom. The lowest BCUT2D eigenvalue weighted by atomic mass is 10.2. The molecule has 0 spiro atoms. The van der Waals surface area contributed by atoms with Gasteiger partial charge in [0.05, 0.1) is 24.3 Å². The van der Waals surface area contributed by atoms with Crippen molar-refractivity contribution in [3.05, 3.63) is 48.2 Å². The van der Waals surface area contributed by atoms with Crippen LogP contribution >= 0.6 is 0 Å². The van der Waals surface area contributed by atoms with Crippen LogP contribution < -0.4 is 10.2 Å². The molecule has 1 unspecified atom stereocenters. The Bertz CT molecular complexity index is 792. The standard InChI is InChI=1S/C20H24N4O4/c25-19(22-14-16-3-1-11-27-16)17-6-5-15(13-21-17)23-7-9-24(10-8-23)20(26)18-4-2-12-28-18/h2,4-6,12-13,16H,1,3,7-11,14H2,(H,22,25). The van der Waals surface area contributed by atoms with E-state index >= 15 is 0 Å². The van der Waals surface area contributed by atoms with Crippen LogP contribution in [-0.4, -0.2) is 67.1 Å². The van der Waals surface area contributed by atoms with E-state index in [2.05, 4.69) is 15.2 Å². The number of piperazine rings is 1. The molecule has 2 aromatic rings. The van der Waals surface area contributed by atoms with Crippen LogP contribution in [0.3, 0.4) is 0 Å². The summed E-state index contributed by atoms with van der Waals surface area (Å²) in [4.78, 5) is 32.8. The van der Waals surface area contributed by atoms with Crippen molar-refractivity contribution < 1.29 is 18.7 Å². The SMILES string of the molecule is O=C(NCC1CCCO1)c1ccc(N2CCN(C(=O)c3ccco3)CC2)cn1. The molecule has 0 bridgehead atoms. The lowest BCUT2D eigenvalue weighted by Gasteiger charge is -2.35. The Morgan fingerprint density at radius 3 is 2.68 bits per heavy atom. The van der Waals surface area contributed by atoms with Gasteiger partial charge >= 0.3 is 0 Å². The molecule has 4 rings (SSSR count). The molecule has 2 saturated heterocycles. The summed E-state index contributed by atoms with van der Waals surface area (Å²) in [5.74, 6) is 0.102. The summed E-state index contributed by atoms with van der Waals surface area (Å²) in [6.45, 7) is 3.94. The lowest BCUT2D eigenvalue weighted by Crippen LogP contribution is -2.48. The molecule has 4 heterocycles. The number of anilines is 1. The first-order valence-corrected chi connectivity index (χ1v) is 9.64. The fourth-order valence-corrected chi connectivity index (χ4v) is 3.53. The van der Waals surface area contributed by atoms with E-state index in [0.717, 1.165) is 25.1 Å². The smallest absolute Gasteiger partial charge is 0.289 e. The van der Waals surface area contributed by atoms with Gasteiger partial charge in [-0.3, -0.25) is 9.59 Å². The number of amides is 2. The van der Waals surface area contributed by atoms with Gasteiger partial charge in [-0.1, -0.05) is 0 Å². The highest BCUT2D eigenvalue weighted by Gasteiger charge is 2.24. The predicted octanol–water partition coefficient (Wildman–Crippen LogP) is 1.55. The molecule has 0 saturated carbocycles. The van der Waals surface area contributed by atoms with E-state index in [1.54, 1.807) is 29.3 Å². The van der Waals surface area contributed by atoms with Gasteiger partial charge < -0.3 is 24.3 Å². The number of hydrogen-bond acceptors (Lipinski definition) is 6. The maximum absolute atomic E-state index is 12.3. The van der Waals surface area contributed by atoms with E-state index < -0.39 is 0 Å². The van der Waals surface area contributed by atoms with Crippen molar-refractivity contribution in [2.24, 2.45) is 0 Å². The van der Waals surface area contributed by atoms with E-state index in [4.69, 9.17) is 9.15 Å². The Labute approximate surface area is 163 Å². The van der Waals surface area contributed by atoms with Crippen LogP contribution in [0.25, 0.3) is 0 Å². The third-order valence-electron chi connectivity index (χ3n) is 5.16. The quantitative estimate of drug-likeness (QED) is 0.842. The summed E-state index contributed by atoms with van der Waals surface area (Å²) >= 11 is 0. The van der Waals surface area contributed by atoms with Gasteiger partial charge in [0.1, 0.15) is 5.69 Å². The zero-order valence-electron chi connectivity index (χ0n) is 15.7. The summed E-state index contributed by atoms with van der Waals surface area (Å²) < 4.78 is 10.7. The van der Waals surface area contributed by atoms with E-state index in [1.807, 2.05) is 6.07 Å². The molecule has 148 valence electrons. The highest BCUT2D eigenvalue weighted by Crippen LogP contribution is 2.17. The molecular weight excluding hydrogens is 360 g/mol. The number of furan rings is 1. The normalized spacial score (nSPS) is 19.6. The number of nitrogens with one attached hydrogen (secondary N) is 1. The molecule has 0 aliphatic carbocycles. The number of carbonyl (C=O) groups excluding carboxylic acids is 2. The molecule has 8 heteroatoms. The zero-order chi connectivity index (χ0) is 19.3. The molecule has 2 aliphatic rings. The Kier molecular flexibility index (Phi) is 5.57. The van der Waals surface area contributed by atoms with E-state index in [9.17, 15) is 9.59 Å². The summed E-state index contributed by atoms with van der Waals surface area (Å²) in [6, 6.07) is 7.04. The molecule has 2 fully saturated rings. The van der Waals surface area contributed by atoms with Gasteiger partial charge in [0, 0.05) is 39.3 Å². The number of aromatic nitrogens is 1. The first-order chi connectivity index (χ1) is 13.7. The topological polar surface area (TPSA) is 87.9 Å². The second-order valence-electron chi connectivity index (χ2n) is 7.00. The Morgan fingerprint density at radius 1 is 1.18 bits per heavy atom. The van der Waals surface area contributed by atoms with Crippen molar-refractivity contribution in [1.82, 2.24) is 15.2 Å². The molecule has 2 aromatic heterocycles. The largest absolute Gasteiger partial charge is 0.459 e. The number of nitrogens with zero attached hydrogens (tertiary/aromatic N) is 3. The van der Waals surface area contributed by atoms with Gasteiger partial charge in [-0.15, -0.1) is 0 Å². The molecule has 8 nitrogen and oxygen atoms in total. The van der Waals surface area contributed by atoms with Crippen molar-refractivity contribution >= 4 is 17.5 Å². The minimum absolute atomic E-state index is 0.0824. The lowest BCUT2D eigenvalue weighted by molar-refractivity contribution is 0.0714. The molecule has 1 N–H and O–H groups in total. The minimum atomic E-state index is -0.184. The van der Waals surface area contributed by atoms with E-state index in [1.165, 1.54) is 6.26 Å². The molecule has 28 heavy (non-hydrogen) atoms. The molecular formula is C20H24N4O4. The maximum Gasteiger partial charge on any atom is 0.289 e. The van der Waals surface area contributed by atoms with E-state index in [-0.39, 0.29) is 17.9 Å². The van der Waals surface area contributed by atoms with Gasteiger partial charge in [0.15, 0.2) is 5.76 Å². The minimum Gasteiger partial charge on any atom is -0.459 e. The second kappa shape index (κ2) is 8.43. The second-order valence-corrected chi connectivity index (χ2v) is 7.00. The van der Waals surface area contributed by atoms with Gasteiger partial charge in [-0.05, 0) is 37.1 Å². The number of carbonyl (C=O) groups is 2. The summed E-state index contributed by atoms with van der Waals surface area (Å²) in [5, 5.41) is 2.88. The van der Waals surface area contributed by atoms with Crippen molar-refractivity contribution in [1.29, 1.82) is 0 Å². The number of hydrogen-bond donors (Lipinski definition) is 1. The highest BCUT2D eigenvalue weighted by molar-refractivity contribution is 5.92. The third kappa shape index (κ3) is 4.17. The van der Waals surface area contributed by atoms with Gasteiger partial charge in [0.25, 0.3) is 11.8 Å². The first kappa shape index (κ1) is 18.5. The average molecular weight is 384 g/mol. The number of rotatable bonds is 5. The third-order valence-corrected chi connectivity index (χ3v) is 5.16. The Balaban J connectivity index is 1.28. The van der Waals surface area contributed by atoms with Crippen LogP contribution in [-0.2, 0) is 4.74 Å². The highest BCUT2D eigenvalue weighted by atomic mass is 16.5. The van der Waals surface area contributed by atoms with Crippen LogP contribution in [0.1, 0.15) is 33.9 Å². The number of pyridine rings is 1. The summed E-state index contributed by atoms with van der Waals surface area (Å²) in [5.41, 5.74) is 1.34. The zero-order valence-corrected chi connectivity index (χ0v) is 15.7. The monoisotopic (exact) mass is 384 g/mol. The molecule has 0 aromatic carbocycles. The summed E-state index contributed by atoms with van der Waals surface area (Å²) in [6.07, 6.45) is 5.37. The number of ether oxygens (including phenoxy) is 1. The van der Waals surface area contributed by atoms with Crippen molar-refractivity contribution in [3.63, 3.8) is 0 Å². The van der Waals surface area contributed by atoms with Crippen LogP contribution in [0, 0.1) is 0 Å². The van der Waals surface area contributed by atoms with Crippen LogP contribution in [0.5, 0.6) is 0 Å².